The fourth-order valence-corrected chi connectivity index (χ4v) is 2.82. The van der Waals surface area contributed by atoms with Crippen LogP contribution in [0, 0.1) is 0 Å². The smallest absolute Gasteiger partial charge is 0.423 e. The number of halogens is 3. The van der Waals surface area contributed by atoms with E-state index in [1.165, 1.54) is 19.1 Å². The van der Waals surface area contributed by atoms with Crippen LogP contribution >= 0.6 is 11.6 Å². The van der Waals surface area contributed by atoms with Crippen molar-refractivity contribution < 1.29 is 23.4 Å². The molecule has 0 spiro atoms. The predicted molar refractivity (Wildman–Crippen MR) is 85.3 cm³/mol. The lowest BCUT2D eigenvalue weighted by Gasteiger charge is -2.35. The molecule has 126 valence electrons. The average Bonchev–Trinajstić information content (AvgIpc) is 2.51. The lowest BCUT2D eigenvalue weighted by atomic mass is 10.1. The number of carbonyl (C=O) groups excluding carboxylic acids is 1. The topological polar surface area (TPSA) is 49.8 Å². The first-order valence-corrected chi connectivity index (χ1v) is 7.61. The Hall–Kier alpha value is -2.18. The van der Waals surface area contributed by atoms with Gasteiger partial charge in [0.25, 0.3) is 0 Å². The van der Waals surface area contributed by atoms with Gasteiger partial charge in [-0.25, -0.2) is 0 Å². The number of aliphatic hydroxyl groups excluding tert-OH is 1. The fourth-order valence-electron chi connectivity index (χ4n) is 2.61. The molecule has 2 aromatic rings. The van der Waals surface area contributed by atoms with Crippen LogP contribution in [0.15, 0.2) is 42.5 Å². The Kier molecular flexibility index (Phi) is 4.19. The number of alkyl halides is 2. The Morgan fingerprint density at radius 2 is 2.00 bits per heavy atom. The Balaban J connectivity index is 2.09. The SMILES string of the molecule is CC(O)c1cccc2c1OC(F)(F)C(=O)N2Cc1cccc(Cl)c1. The molecule has 0 aromatic heterocycles. The van der Waals surface area contributed by atoms with Gasteiger partial charge in [-0.15, -0.1) is 0 Å². The summed E-state index contributed by atoms with van der Waals surface area (Å²) >= 11 is 5.91. The van der Waals surface area contributed by atoms with Gasteiger partial charge in [0, 0.05) is 10.6 Å². The molecule has 1 aliphatic rings. The van der Waals surface area contributed by atoms with Crippen LogP contribution in [-0.2, 0) is 11.3 Å². The van der Waals surface area contributed by atoms with Crippen molar-refractivity contribution >= 4 is 23.2 Å². The molecular weight excluding hydrogens is 340 g/mol. The van der Waals surface area contributed by atoms with E-state index in [9.17, 15) is 18.7 Å². The second kappa shape index (κ2) is 6.03. The fraction of sp³-hybridized carbons (Fsp3) is 0.235. The summed E-state index contributed by atoms with van der Waals surface area (Å²) in [7, 11) is 0. The average molecular weight is 354 g/mol. The highest BCUT2D eigenvalue weighted by molar-refractivity contribution is 6.30. The van der Waals surface area contributed by atoms with Crippen molar-refractivity contribution in [3.63, 3.8) is 0 Å². The zero-order valence-electron chi connectivity index (χ0n) is 12.7. The number of anilines is 1. The van der Waals surface area contributed by atoms with E-state index in [1.54, 1.807) is 30.3 Å². The third kappa shape index (κ3) is 2.95. The molecule has 2 aromatic carbocycles. The third-order valence-electron chi connectivity index (χ3n) is 3.72. The Morgan fingerprint density at radius 3 is 2.67 bits per heavy atom. The van der Waals surface area contributed by atoms with E-state index < -0.39 is 18.1 Å². The van der Waals surface area contributed by atoms with E-state index in [0.29, 0.717) is 10.6 Å². The minimum absolute atomic E-state index is 0.0887. The maximum absolute atomic E-state index is 14.0. The van der Waals surface area contributed by atoms with Crippen molar-refractivity contribution in [2.75, 3.05) is 4.90 Å². The highest BCUT2D eigenvalue weighted by atomic mass is 35.5. The number of aliphatic hydroxyl groups is 1. The highest BCUT2D eigenvalue weighted by Gasteiger charge is 2.51. The summed E-state index contributed by atoms with van der Waals surface area (Å²) in [5.41, 5.74) is 0.974. The standard InChI is InChI=1S/C17H14ClF2NO3/c1-10(22)13-6-3-7-14-15(13)24-17(19,20)16(23)21(14)9-11-4-2-5-12(18)8-11/h2-8,10,22H,9H2,1H3. The zero-order chi connectivity index (χ0) is 17.5. The lowest BCUT2D eigenvalue weighted by molar-refractivity contribution is -0.193. The third-order valence-corrected chi connectivity index (χ3v) is 3.95. The molecule has 3 rings (SSSR count). The van der Waals surface area contributed by atoms with E-state index in [4.69, 9.17) is 11.6 Å². The minimum Gasteiger partial charge on any atom is -0.423 e. The second-order valence-corrected chi connectivity index (χ2v) is 5.95. The number of rotatable bonds is 3. The first-order valence-electron chi connectivity index (χ1n) is 7.24. The number of ether oxygens (including phenoxy) is 1. The van der Waals surface area contributed by atoms with Crippen LogP contribution in [0.5, 0.6) is 5.75 Å². The maximum atomic E-state index is 14.0. The molecule has 1 aliphatic heterocycles. The summed E-state index contributed by atoms with van der Waals surface area (Å²) in [5.74, 6) is -1.66. The molecule has 4 nitrogen and oxygen atoms in total. The van der Waals surface area contributed by atoms with Gasteiger partial charge < -0.3 is 9.84 Å². The predicted octanol–water partition coefficient (Wildman–Crippen LogP) is 3.91. The molecule has 0 aliphatic carbocycles. The van der Waals surface area contributed by atoms with Crippen LogP contribution < -0.4 is 9.64 Å². The van der Waals surface area contributed by atoms with Crippen LogP contribution in [0.4, 0.5) is 14.5 Å². The molecule has 1 heterocycles. The maximum Gasteiger partial charge on any atom is 0.483 e. The molecule has 1 unspecified atom stereocenters. The lowest BCUT2D eigenvalue weighted by Crippen LogP contribution is -2.50. The number of nitrogens with zero attached hydrogens (tertiary/aromatic N) is 1. The Morgan fingerprint density at radius 1 is 1.29 bits per heavy atom. The quantitative estimate of drug-likeness (QED) is 0.910. The Labute approximate surface area is 142 Å². The van der Waals surface area contributed by atoms with E-state index in [2.05, 4.69) is 4.74 Å². The van der Waals surface area contributed by atoms with Gasteiger partial charge in [-0.3, -0.25) is 9.69 Å². The zero-order valence-corrected chi connectivity index (χ0v) is 13.4. The molecule has 0 saturated carbocycles. The summed E-state index contributed by atoms with van der Waals surface area (Å²) in [6.45, 7) is 1.35. The van der Waals surface area contributed by atoms with Crippen LogP contribution in [0.3, 0.4) is 0 Å². The van der Waals surface area contributed by atoms with Gasteiger partial charge in [-0.2, -0.15) is 8.78 Å². The summed E-state index contributed by atoms with van der Waals surface area (Å²) < 4.78 is 32.7. The molecule has 0 saturated heterocycles. The molecule has 0 radical (unpaired) electrons. The van der Waals surface area contributed by atoms with Gasteiger partial charge in [-0.05, 0) is 30.7 Å². The Bertz CT molecular complexity index is 795. The van der Waals surface area contributed by atoms with E-state index in [1.807, 2.05) is 0 Å². The van der Waals surface area contributed by atoms with Gasteiger partial charge in [-0.1, -0.05) is 35.9 Å². The summed E-state index contributed by atoms with van der Waals surface area (Å²) in [6, 6.07) is 11.2. The van der Waals surface area contributed by atoms with Crippen molar-refractivity contribution in [2.45, 2.75) is 25.7 Å². The van der Waals surface area contributed by atoms with Crippen molar-refractivity contribution in [3.8, 4) is 5.75 Å². The summed E-state index contributed by atoms with van der Waals surface area (Å²) in [5, 5.41) is 10.2. The number of hydrogen-bond acceptors (Lipinski definition) is 3. The van der Waals surface area contributed by atoms with Crippen LogP contribution in [-0.4, -0.2) is 17.1 Å². The van der Waals surface area contributed by atoms with Crippen molar-refractivity contribution in [1.29, 1.82) is 0 Å². The van der Waals surface area contributed by atoms with Crippen molar-refractivity contribution in [1.82, 2.24) is 0 Å². The molecule has 24 heavy (non-hydrogen) atoms. The van der Waals surface area contributed by atoms with Gasteiger partial charge in [0.1, 0.15) is 0 Å². The van der Waals surface area contributed by atoms with Gasteiger partial charge in [0.05, 0.1) is 18.3 Å². The largest absolute Gasteiger partial charge is 0.483 e. The summed E-state index contributed by atoms with van der Waals surface area (Å²) in [4.78, 5) is 13.1. The monoisotopic (exact) mass is 353 g/mol. The molecular formula is C17H14ClF2NO3. The second-order valence-electron chi connectivity index (χ2n) is 5.51. The molecule has 1 atom stereocenters. The number of carbonyl (C=O) groups is 1. The number of amides is 1. The van der Waals surface area contributed by atoms with Crippen LogP contribution in [0.1, 0.15) is 24.2 Å². The molecule has 0 bridgehead atoms. The minimum atomic E-state index is -4.00. The molecule has 7 heteroatoms. The van der Waals surface area contributed by atoms with E-state index >= 15 is 0 Å². The first kappa shape index (κ1) is 16.7. The van der Waals surface area contributed by atoms with Gasteiger partial charge in [0.15, 0.2) is 5.75 Å². The van der Waals surface area contributed by atoms with E-state index in [-0.39, 0.29) is 23.5 Å². The number of hydrogen-bond donors (Lipinski definition) is 1. The van der Waals surface area contributed by atoms with Crippen molar-refractivity contribution in [2.24, 2.45) is 0 Å². The van der Waals surface area contributed by atoms with Gasteiger partial charge >= 0.3 is 12.0 Å². The van der Waals surface area contributed by atoms with Gasteiger partial charge in [0.2, 0.25) is 0 Å². The summed E-state index contributed by atoms with van der Waals surface area (Å²) in [6.07, 6.45) is -5.02. The molecule has 1 N–H and O–H groups in total. The number of fused-ring (bicyclic) bond motifs is 1. The normalized spacial score (nSPS) is 17.2. The van der Waals surface area contributed by atoms with Crippen LogP contribution in [0.25, 0.3) is 0 Å². The number of para-hydroxylation sites is 1. The number of benzene rings is 2. The molecule has 1 amide bonds. The molecule has 0 fully saturated rings. The highest BCUT2D eigenvalue weighted by Crippen LogP contribution is 2.44. The van der Waals surface area contributed by atoms with Crippen molar-refractivity contribution in [3.05, 3.63) is 58.6 Å². The first-order chi connectivity index (χ1) is 11.3. The van der Waals surface area contributed by atoms with E-state index in [0.717, 1.165) is 4.90 Å². The van der Waals surface area contributed by atoms with Crippen LogP contribution in [0.2, 0.25) is 5.02 Å².